The van der Waals surface area contributed by atoms with Crippen molar-refractivity contribution >= 4 is 0 Å². The van der Waals surface area contributed by atoms with Crippen LogP contribution in [0.25, 0.3) is 0 Å². The molecule has 0 fully saturated rings. The first-order valence-corrected chi connectivity index (χ1v) is 2.86. The van der Waals surface area contributed by atoms with E-state index in [-0.39, 0.29) is 0 Å². The van der Waals surface area contributed by atoms with Crippen LogP contribution in [0, 0.1) is 6.92 Å². The summed E-state index contributed by atoms with van der Waals surface area (Å²) in [5, 5.41) is 0. The third-order valence-electron chi connectivity index (χ3n) is 1.23. The Bertz CT molecular complexity index is 233. The Kier molecular flexibility index (Phi) is 1.37. The van der Waals surface area contributed by atoms with E-state index in [0.717, 1.165) is 11.3 Å². The van der Waals surface area contributed by atoms with Crippen LogP contribution in [-0.4, -0.2) is 7.11 Å². The Morgan fingerprint density at radius 2 is 2.33 bits per heavy atom. The molecule has 48 valence electrons. The lowest BCUT2D eigenvalue weighted by atomic mass is 10.2. The van der Waals surface area contributed by atoms with Gasteiger partial charge in [0, 0.05) is 0 Å². The van der Waals surface area contributed by atoms with Crippen LogP contribution in [0.5, 0.6) is 5.75 Å². The molecular formula is C8H10O. The highest BCUT2D eigenvalue weighted by Gasteiger charge is 1.90. The monoisotopic (exact) mass is 123 g/mol. The maximum Gasteiger partial charge on any atom is 0.121 e. The van der Waals surface area contributed by atoms with Crippen molar-refractivity contribution in [2.45, 2.75) is 6.92 Å². The summed E-state index contributed by atoms with van der Waals surface area (Å²) in [7, 11) is 1.61. The highest BCUT2D eigenvalue weighted by molar-refractivity contribution is 5.31. The van der Waals surface area contributed by atoms with Crippen molar-refractivity contribution in [3.8, 4) is 5.75 Å². The minimum atomic E-state index is 0.527. The minimum absolute atomic E-state index is 0.527. The fourth-order valence-electron chi connectivity index (χ4n) is 0.726. The molecule has 1 aromatic carbocycles. The largest absolute Gasteiger partial charge is 0.496 e. The number of rotatable bonds is 1. The smallest absolute Gasteiger partial charge is 0.121 e. The van der Waals surface area contributed by atoms with Gasteiger partial charge in [-0.2, -0.15) is 0 Å². The number of para-hydroxylation sites is 1. The van der Waals surface area contributed by atoms with Crippen molar-refractivity contribution in [3.05, 3.63) is 29.8 Å². The van der Waals surface area contributed by atoms with Gasteiger partial charge < -0.3 is 4.74 Å². The normalized spacial score (nSPS) is 10.7. The van der Waals surface area contributed by atoms with Gasteiger partial charge in [0.1, 0.15) is 5.75 Å². The third kappa shape index (κ3) is 1.22. The SMILES string of the molecule is [2H]c1cccc(OC)c1C. The molecule has 1 nitrogen and oxygen atoms in total. The van der Waals surface area contributed by atoms with Gasteiger partial charge in [0.25, 0.3) is 0 Å². The van der Waals surface area contributed by atoms with Gasteiger partial charge in [0.05, 0.1) is 8.48 Å². The number of hydrogen-bond acceptors (Lipinski definition) is 1. The van der Waals surface area contributed by atoms with E-state index in [1.54, 1.807) is 13.2 Å². The van der Waals surface area contributed by atoms with Gasteiger partial charge in [-0.05, 0) is 18.6 Å². The summed E-state index contributed by atoms with van der Waals surface area (Å²) in [5.74, 6) is 0.785. The molecule has 1 heteroatoms. The van der Waals surface area contributed by atoms with Gasteiger partial charge in [0.15, 0.2) is 0 Å². The Balaban J connectivity index is 3.14. The van der Waals surface area contributed by atoms with Crippen molar-refractivity contribution in [2.24, 2.45) is 0 Å². The second kappa shape index (κ2) is 2.53. The molecule has 0 spiro atoms. The Morgan fingerprint density at radius 3 is 2.89 bits per heavy atom. The molecule has 0 aliphatic rings. The molecule has 1 rings (SSSR count). The standard InChI is InChI=1S/C8H10O/c1-7-5-3-4-6-8(7)9-2/h3-6H,1-2H3/i5D. The molecule has 0 amide bonds. The van der Waals surface area contributed by atoms with Crippen LogP contribution < -0.4 is 4.74 Å². The summed E-state index contributed by atoms with van der Waals surface area (Å²) >= 11 is 0. The van der Waals surface area contributed by atoms with Crippen molar-refractivity contribution < 1.29 is 6.11 Å². The lowest BCUT2D eigenvalue weighted by molar-refractivity contribution is 0.411. The predicted octanol–water partition coefficient (Wildman–Crippen LogP) is 2.00. The highest BCUT2D eigenvalue weighted by atomic mass is 16.5. The summed E-state index contributed by atoms with van der Waals surface area (Å²) in [5.41, 5.74) is 0.894. The van der Waals surface area contributed by atoms with Crippen LogP contribution in [0.2, 0.25) is 0 Å². The topological polar surface area (TPSA) is 9.23 Å². The zero-order chi connectivity index (χ0) is 7.56. The second-order valence-corrected chi connectivity index (χ2v) is 1.86. The van der Waals surface area contributed by atoms with Gasteiger partial charge in [-0.3, -0.25) is 0 Å². The molecule has 9 heavy (non-hydrogen) atoms. The van der Waals surface area contributed by atoms with Gasteiger partial charge in [-0.1, -0.05) is 18.2 Å². The van der Waals surface area contributed by atoms with E-state index in [4.69, 9.17) is 6.11 Å². The zero-order valence-electron chi connectivity index (χ0n) is 6.64. The van der Waals surface area contributed by atoms with Crippen molar-refractivity contribution in [1.82, 2.24) is 0 Å². The zero-order valence-corrected chi connectivity index (χ0v) is 5.64. The number of benzene rings is 1. The van der Waals surface area contributed by atoms with Gasteiger partial charge in [-0.15, -0.1) is 0 Å². The first-order valence-electron chi connectivity index (χ1n) is 3.36. The van der Waals surface area contributed by atoms with Crippen LogP contribution in [0.15, 0.2) is 24.2 Å². The Hall–Kier alpha value is -0.980. The molecule has 0 unspecified atom stereocenters. The van der Waals surface area contributed by atoms with Crippen LogP contribution >= 0.6 is 0 Å². The molecule has 0 radical (unpaired) electrons. The molecule has 1 aromatic rings. The quantitative estimate of drug-likeness (QED) is 0.555. The summed E-state index contributed by atoms with van der Waals surface area (Å²) in [6, 6.07) is 5.94. The van der Waals surface area contributed by atoms with Crippen LogP contribution in [-0.2, 0) is 0 Å². The van der Waals surface area contributed by atoms with Gasteiger partial charge >= 0.3 is 0 Å². The molecule has 0 N–H and O–H groups in total. The Morgan fingerprint density at radius 1 is 1.56 bits per heavy atom. The van der Waals surface area contributed by atoms with E-state index in [0.29, 0.717) is 6.04 Å². The fraction of sp³-hybridized carbons (Fsp3) is 0.250. The molecule has 0 atom stereocenters. The van der Waals surface area contributed by atoms with E-state index in [2.05, 4.69) is 0 Å². The molecule has 0 saturated heterocycles. The molecule has 0 aromatic heterocycles. The van der Waals surface area contributed by atoms with Gasteiger partial charge in [-0.25, -0.2) is 0 Å². The lowest BCUT2D eigenvalue weighted by Crippen LogP contribution is -1.84. The van der Waals surface area contributed by atoms with Crippen molar-refractivity contribution in [1.29, 1.82) is 0 Å². The molecule has 0 saturated carbocycles. The van der Waals surface area contributed by atoms with Crippen LogP contribution in [0.3, 0.4) is 0 Å². The summed E-state index contributed by atoms with van der Waals surface area (Å²) in [4.78, 5) is 0. The maximum atomic E-state index is 7.38. The van der Waals surface area contributed by atoms with Crippen LogP contribution in [0.1, 0.15) is 6.93 Å². The van der Waals surface area contributed by atoms with E-state index < -0.39 is 0 Å². The second-order valence-electron chi connectivity index (χ2n) is 1.86. The maximum absolute atomic E-state index is 7.38. The third-order valence-corrected chi connectivity index (χ3v) is 1.23. The molecular weight excluding hydrogens is 112 g/mol. The summed E-state index contributed by atoms with van der Waals surface area (Å²) < 4.78 is 12.4. The Labute approximate surface area is 56.7 Å². The van der Waals surface area contributed by atoms with E-state index >= 15 is 0 Å². The van der Waals surface area contributed by atoms with E-state index in [1.165, 1.54) is 0 Å². The summed E-state index contributed by atoms with van der Waals surface area (Å²) in [6.45, 7) is 1.88. The highest BCUT2D eigenvalue weighted by Crippen LogP contribution is 2.14. The molecule has 0 aliphatic carbocycles. The molecule has 0 aliphatic heterocycles. The first kappa shape index (κ1) is 4.86. The molecule has 0 bridgehead atoms. The van der Waals surface area contributed by atoms with Crippen molar-refractivity contribution in [3.63, 3.8) is 0 Å². The average molecular weight is 123 g/mol. The predicted molar refractivity (Wildman–Crippen MR) is 37.7 cm³/mol. The number of methoxy groups -OCH3 is 1. The number of ether oxygens (including phenoxy) is 1. The van der Waals surface area contributed by atoms with Crippen molar-refractivity contribution in [2.75, 3.05) is 7.11 Å². The molecule has 0 heterocycles. The summed E-state index contributed by atoms with van der Waals surface area (Å²) in [6.07, 6.45) is 0. The fourth-order valence-corrected chi connectivity index (χ4v) is 0.726. The van der Waals surface area contributed by atoms with E-state index in [9.17, 15) is 0 Å². The van der Waals surface area contributed by atoms with E-state index in [1.807, 2.05) is 19.1 Å². The minimum Gasteiger partial charge on any atom is -0.496 e. The number of hydrogen-bond donors (Lipinski definition) is 0. The van der Waals surface area contributed by atoms with Crippen LogP contribution in [0.4, 0.5) is 0 Å². The van der Waals surface area contributed by atoms with Gasteiger partial charge in [0.2, 0.25) is 0 Å². The average Bonchev–Trinajstić information content (AvgIpc) is 1.95. The first-order chi connectivity index (χ1) is 4.75. The lowest BCUT2D eigenvalue weighted by Gasteiger charge is -2.00.